The van der Waals surface area contributed by atoms with Gasteiger partial charge in [-0.15, -0.1) is 0 Å². The average molecular weight is 325 g/mol. The van der Waals surface area contributed by atoms with E-state index in [-0.39, 0.29) is 11.8 Å². The van der Waals surface area contributed by atoms with Crippen molar-refractivity contribution in [1.29, 1.82) is 0 Å². The number of rotatable bonds is 4. The van der Waals surface area contributed by atoms with Gasteiger partial charge >= 0.3 is 0 Å². The fourth-order valence-electron chi connectivity index (χ4n) is 1.11. The van der Waals surface area contributed by atoms with E-state index in [4.69, 9.17) is 0 Å². The molecule has 2 N–H and O–H groups in total. The Morgan fingerprint density at radius 1 is 1.11 bits per heavy atom. The van der Waals surface area contributed by atoms with Crippen LogP contribution in [0, 0.1) is 0 Å². The lowest BCUT2D eigenvalue weighted by atomic mass is 10.1. The Balaban J connectivity index is 2.94. The zero-order valence-corrected chi connectivity index (χ0v) is 12.1. The van der Waals surface area contributed by atoms with Gasteiger partial charge in [0.05, 0.1) is 6.21 Å². The maximum absolute atomic E-state index is 10.9. The third kappa shape index (κ3) is 5.91. The predicted octanol–water partition coefficient (Wildman–Crippen LogP) is 1.41. The molecule has 19 heavy (non-hydrogen) atoms. The topological polar surface area (TPSA) is 82.9 Å². The third-order valence-electron chi connectivity index (χ3n) is 1.88. The van der Waals surface area contributed by atoms with Gasteiger partial charge in [-0.25, -0.2) is 10.9 Å². The summed E-state index contributed by atoms with van der Waals surface area (Å²) in [5, 5.41) is 7.65. The van der Waals surface area contributed by atoms with Gasteiger partial charge in [-0.1, -0.05) is 28.1 Å². The van der Waals surface area contributed by atoms with Crippen LogP contribution in [0.25, 0.3) is 0 Å². The fourth-order valence-corrected chi connectivity index (χ4v) is 1.38. The second kappa shape index (κ2) is 7.42. The van der Waals surface area contributed by atoms with E-state index in [1.54, 1.807) is 0 Å². The molecule has 0 aliphatic heterocycles. The molecule has 1 aromatic carbocycles. The third-order valence-corrected chi connectivity index (χ3v) is 2.41. The lowest BCUT2D eigenvalue weighted by Crippen LogP contribution is -2.19. The van der Waals surface area contributed by atoms with Gasteiger partial charge in [-0.2, -0.15) is 10.2 Å². The largest absolute Gasteiger partial charge is 0.274 e. The maximum Gasteiger partial charge on any atom is 0.236 e. The molecule has 0 radical (unpaired) electrons. The Bertz CT molecular complexity index is 523. The molecule has 0 bridgehead atoms. The fraction of sp³-hybridized carbons (Fsp3) is 0.167. The van der Waals surface area contributed by atoms with Gasteiger partial charge in [0.2, 0.25) is 11.8 Å². The van der Waals surface area contributed by atoms with E-state index in [1.807, 2.05) is 24.3 Å². The molecule has 0 aliphatic rings. The Kier molecular flexibility index (Phi) is 5.87. The predicted molar refractivity (Wildman–Crippen MR) is 76.8 cm³/mol. The maximum atomic E-state index is 10.9. The lowest BCUT2D eigenvalue weighted by Gasteiger charge is -2.02. The van der Waals surface area contributed by atoms with Gasteiger partial charge in [0.15, 0.2) is 0 Å². The Morgan fingerprint density at radius 2 is 1.68 bits per heavy atom. The number of hydrogen-bond donors (Lipinski definition) is 2. The van der Waals surface area contributed by atoms with Crippen molar-refractivity contribution in [1.82, 2.24) is 10.9 Å². The zero-order valence-electron chi connectivity index (χ0n) is 10.5. The van der Waals surface area contributed by atoms with Gasteiger partial charge in [-0.3, -0.25) is 9.59 Å². The summed E-state index contributed by atoms with van der Waals surface area (Å²) in [6.07, 6.45) is 1.36. The van der Waals surface area contributed by atoms with Crippen LogP contribution in [0.15, 0.2) is 38.9 Å². The van der Waals surface area contributed by atoms with Crippen LogP contribution in [0.5, 0.6) is 0 Å². The molecule has 0 atom stereocenters. The van der Waals surface area contributed by atoms with Crippen LogP contribution in [0.4, 0.5) is 0 Å². The number of carbonyl (C=O) groups is 2. The summed E-state index contributed by atoms with van der Waals surface area (Å²) in [7, 11) is 0. The van der Waals surface area contributed by atoms with E-state index in [0.29, 0.717) is 5.71 Å². The highest BCUT2D eigenvalue weighted by Gasteiger charge is 2.02. The van der Waals surface area contributed by atoms with Crippen LogP contribution in [0.3, 0.4) is 0 Å². The van der Waals surface area contributed by atoms with E-state index in [9.17, 15) is 9.59 Å². The van der Waals surface area contributed by atoms with Gasteiger partial charge in [0, 0.05) is 23.9 Å². The first-order valence-electron chi connectivity index (χ1n) is 5.39. The van der Waals surface area contributed by atoms with E-state index < -0.39 is 0 Å². The van der Waals surface area contributed by atoms with Crippen LogP contribution in [0.1, 0.15) is 19.4 Å². The molecule has 1 rings (SSSR count). The normalized spacial score (nSPS) is 11.4. The number of halogens is 1. The second-order valence-corrected chi connectivity index (χ2v) is 4.51. The standard InChI is InChI=1S/C12H13BrN4O2/c1-8(18)15-14-7-12(17-16-9(2)19)10-3-5-11(13)6-4-10/h3-7H,1-2H3,(H,15,18)(H,16,19). The molecule has 100 valence electrons. The van der Waals surface area contributed by atoms with Gasteiger partial charge in [0.1, 0.15) is 5.71 Å². The molecule has 2 amide bonds. The zero-order chi connectivity index (χ0) is 14.3. The van der Waals surface area contributed by atoms with Crippen molar-refractivity contribution >= 4 is 39.7 Å². The van der Waals surface area contributed by atoms with Crippen molar-refractivity contribution in [2.45, 2.75) is 13.8 Å². The van der Waals surface area contributed by atoms with Crippen LogP contribution in [-0.4, -0.2) is 23.7 Å². The van der Waals surface area contributed by atoms with Crippen LogP contribution < -0.4 is 10.9 Å². The molecule has 0 spiro atoms. The second-order valence-electron chi connectivity index (χ2n) is 3.60. The summed E-state index contributed by atoms with van der Waals surface area (Å²) in [6, 6.07) is 7.30. The molecule has 7 heteroatoms. The first-order valence-corrected chi connectivity index (χ1v) is 6.18. The molecule has 1 aromatic rings. The van der Waals surface area contributed by atoms with E-state index >= 15 is 0 Å². The monoisotopic (exact) mass is 324 g/mol. The number of nitrogens with one attached hydrogen (secondary N) is 2. The minimum Gasteiger partial charge on any atom is -0.274 e. The smallest absolute Gasteiger partial charge is 0.236 e. The minimum absolute atomic E-state index is 0.286. The van der Waals surface area contributed by atoms with Gasteiger partial charge in [-0.05, 0) is 12.1 Å². The Labute approximate surface area is 119 Å². The Hall–Kier alpha value is -2.02. The quantitative estimate of drug-likeness (QED) is 0.648. The number of benzene rings is 1. The molecular weight excluding hydrogens is 312 g/mol. The summed E-state index contributed by atoms with van der Waals surface area (Å²) in [5.41, 5.74) is 5.79. The number of hydrogen-bond acceptors (Lipinski definition) is 4. The number of carbonyl (C=O) groups excluding carboxylic acids is 2. The van der Waals surface area contributed by atoms with Crippen molar-refractivity contribution < 1.29 is 9.59 Å². The molecule has 0 saturated heterocycles. The highest BCUT2D eigenvalue weighted by atomic mass is 79.9. The SMILES string of the molecule is CC(=O)NN=CC(=NNC(C)=O)c1ccc(Br)cc1. The molecular formula is C12H13BrN4O2. The summed E-state index contributed by atoms with van der Waals surface area (Å²) < 4.78 is 0.925. The van der Waals surface area contributed by atoms with Crippen LogP contribution in [-0.2, 0) is 9.59 Å². The molecule has 0 fully saturated rings. The van der Waals surface area contributed by atoms with Crippen molar-refractivity contribution in [3.05, 3.63) is 34.3 Å². The van der Waals surface area contributed by atoms with E-state index in [1.165, 1.54) is 20.1 Å². The summed E-state index contributed by atoms with van der Waals surface area (Å²) in [6.45, 7) is 2.70. The number of nitrogens with zero attached hydrogens (tertiary/aromatic N) is 2. The molecule has 0 aliphatic carbocycles. The first-order chi connectivity index (χ1) is 8.99. The molecule has 0 saturated carbocycles. The highest BCUT2D eigenvalue weighted by Crippen LogP contribution is 2.10. The molecule has 0 aromatic heterocycles. The van der Waals surface area contributed by atoms with Crippen molar-refractivity contribution in [2.24, 2.45) is 10.2 Å². The minimum atomic E-state index is -0.289. The van der Waals surface area contributed by atoms with E-state index in [2.05, 4.69) is 37.0 Å². The summed E-state index contributed by atoms with van der Waals surface area (Å²) in [4.78, 5) is 21.6. The van der Waals surface area contributed by atoms with Crippen LogP contribution >= 0.6 is 15.9 Å². The molecule has 0 unspecified atom stereocenters. The Morgan fingerprint density at radius 3 is 2.21 bits per heavy atom. The summed E-state index contributed by atoms with van der Waals surface area (Å²) in [5.74, 6) is -0.575. The first kappa shape index (κ1) is 15.0. The van der Waals surface area contributed by atoms with Gasteiger partial charge in [0.25, 0.3) is 0 Å². The summed E-state index contributed by atoms with van der Waals surface area (Å²) >= 11 is 3.33. The van der Waals surface area contributed by atoms with Crippen molar-refractivity contribution in [3.8, 4) is 0 Å². The number of amides is 2. The number of hydrazone groups is 2. The molecule has 0 heterocycles. The average Bonchev–Trinajstić information content (AvgIpc) is 2.34. The van der Waals surface area contributed by atoms with Crippen LogP contribution in [0.2, 0.25) is 0 Å². The van der Waals surface area contributed by atoms with Crippen molar-refractivity contribution in [2.75, 3.05) is 0 Å². The van der Waals surface area contributed by atoms with E-state index in [0.717, 1.165) is 10.0 Å². The van der Waals surface area contributed by atoms with Gasteiger partial charge < -0.3 is 0 Å². The molecule has 6 nitrogen and oxygen atoms in total. The lowest BCUT2D eigenvalue weighted by molar-refractivity contribution is -0.119. The van der Waals surface area contributed by atoms with Crippen molar-refractivity contribution in [3.63, 3.8) is 0 Å². The highest BCUT2D eigenvalue weighted by molar-refractivity contribution is 9.10.